The summed E-state index contributed by atoms with van der Waals surface area (Å²) in [6, 6.07) is 8.25. The number of hydrogen-bond acceptors (Lipinski definition) is 8. The van der Waals surface area contributed by atoms with E-state index in [2.05, 4.69) is 4.18 Å². The maximum Gasteiger partial charge on any atom is 0.397 e. The normalized spacial score (nSPS) is 32.6. The van der Waals surface area contributed by atoms with Gasteiger partial charge in [-0.25, -0.2) is 4.18 Å². The molecule has 1 fully saturated rings. The number of benzene rings is 1. The first-order chi connectivity index (χ1) is 10.3. The molecule has 1 aromatic carbocycles. The molecule has 0 aliphatic carbocycles. The second-order valence-electron chi connectivity index (χ2n) is 4.66. The fourth-order valence-corrected chi connectivity index (χ4v) is 2.24. The van der Waals surface area contributed by atoms with Crippen LogP contribution in [-0.2, 0) is 19.3 Å². The van der Waals surface area contributed by atoms with Crippen molar-refractivity contribution in [1.82, 2.24) is 0 Å². The smallest absolute Gasteiger partial charge is 0.397 e. The average molecular weight is 336 g/mol. The number of aliphatic hydroxyl groups excluding tert-OH is 3. The standard InChI is InChI=1S/C12H16O9S/c13-9-8(6-19-22(16,17)18)21-12(11(15)10(9)14)20-7-4-2-1-3-5-7/h1-5,8-15H,6H2,(H,16,17,18)/t8-,9-,10+,11-,12+/m1/s1. The molecule has 2 rings (SSSR count). The number of aliphatic hydroxyl groups is 3. The monoisotopic (exact) mass is 336 g/mol. The van der Waals surface area contributed by atoms with E-state index in [-0.39, 0.29) is 0 Å². The zero-order valence-electron chi connectivity index (χ0n) is 11.2. The minimum absolute atomic E-state index is 0.338. The van der Waals surface area contributed by atoms with Gasteiger partial charge in [-0.1, -0.05) is 18.2 Å². The van der Waals surface area contributed by atoms with Crippen molar-refractivity contribution in [2.75, 3.05) is 6.61 Å². The molecule has 1 aliphatic rings. The van der Waals surface area contributed by atoms with Crippen molar-refractivity contribution >= 4 is 10.4 Å². The molecule has 0 saturated carbocycles. The Balaban J connectivity index is 2.06. The average Bonchev–Trinajstić information content (AvgIpc) is 2.47. The molecular weight excluding hydrogens is 320 g/mol. The second kappa shape index (κ2) is 6.87. The summed E-state index contributed by atoms with van der Waals surface area (Å²) in [6.45, 7) is -0.752. The van der Waals surface area contributed by atoms with Crippen molar-refractivity contribution in [2.45, 2.75) is 30.7 Å². The van der Waals surface area contributed by atoms with E-state index in [1.165, 1.54) is 0 Å². The van der Waals surface area contributed by atoms with Gasteiger partial charge in [0.15, 0.2) is 0 Å². The van der Waals surface area contributed by atoms with Gasteiger partial charge in [0.25, 0.3) is 0 Å². The van der Waals surface area contributed by atoms with E-state index >= 15 is 0 Å². The van der Waals surface area contributed by atoms with E-state index in [4.69, 9.17) is 14.0 Å². The first-order valence-corrected chi connectivity index (χ1v) is 7.67. The predicted molar refractivity (Wildman–Crippen MR) is 71.3 cm³/mol. The van der Waals surface area contributed by atoms with Crippen molar-refractivity contribution in [3.63, 3.8) is 0 Å². The van der Waals surface area contributed by atoms with Gasteiger partial charge >= 0.3 is 10.4 Å². The van der Waals surface area contributed by atoms with Crippen LogP contribution in [0.25, 0.3) is 0 Å². The largest absolute Gasteiger partial charge is 0.462 e. The van der Waals surface area contributed by atoms with Crippen LogP contribution in [0.4, 0.5) is 0 Å². The summed E-state index contributed by atoms with van der Waals surface area (Å²) in [4.78, 5) is 0. The molecule has 0 aromatic heterocycles. The van der Waals surface area contributed by atoms with Crippen LogP contribution >= 0.6 is 0 Å². The fraction of sp³-hybridized carbons (Fsp3) is 0.500. The van der Waals surface area contributed by atoms with Crippen LogP contribution in [0.2, 0.25) is 0 Å². The molecule has 0 amide bonds. The van der Waals surface area contributed by atoms with E-state index < -0.39 is 47.7 Å². The highest BCUT2D eigenvalue weighted by atomic mass is 32.3. The molecule has 1 aromatic rings. The van der Waals surface area contributed by atoms with Crippen LogP contribution in [0.1, 0.15) is 0 Å². The van der Waals surface area contributed by atoms with Crippen LogP contribution in [0.15, 0.2) is 30.3 Å². The van der Waals surface area contributed by atoms with Crippen molar-refractivity contribution in [3.05, 3.63) is 30.3 Å². The van der Waals surface area contributed by atoms with Gasteiger partial charge in [0, 0.05) is 0 Å². The summed E-state index contributed by atoms with van der Waals surface area (Å²) in [5, 5.41) is 29.4. The molecule has 0 bridgehead atoms. The third-order valence-electron chi connectivity index (χ3n) is 3.05. The molecule has 4 N–H and O–H groups in total. The number of para-hydroxylation sites is 1. The van der Waals surface area contributed by atoms with Crippen molar-refractivity contribution in [1.29, 1.82) is 0 Å². The van der Waals surface area contributed by atoms with E-state index in [1.54, 1.807) is 30.3 Å². The molecule has 5 atom stereocenters. The zero-order valence-corrected chi connectivity index (χ0v) is 12.0. The summed E-state index contributed by atoms with van der Waals surface area (Å²) in [6.07, 6.45) is -7.49. The topological polar surface area (TPSA) is 143 Å². The second-order valence-corrected chi connectivity index (χ2v) is 5.75. The maximum atomic E-state index is 10.6. The van der Waals surface area contributed by atoms with E-state index in [0.29, 0.717) is 5.75 Å². The molecule has 0 spiro atoms. The summed E-state index contributed by atoms with van der Waals surface area (Å²) in [5.41, 5.74) is 0. The van der Waals surface area contributed by atoms with Crippen LogP contribution in [0.5, 0.6) is 5.75 Å². The Morgan fingerprint density at radius 1 is 1.05 bits per heavy atom. The van der Waals surface area contributed by atoms with Gasteiger partial charge in [0.1, 0.15) is 30.2 Å². The summed E-state index contributed by atoms with van der Waals surface area (Å²) in [5.74, 6) is 0.338. The lowest BCUT2D eigenvalue weighted by molar-refractivity contribution is -0.276. The molecule has 9 nitrogen and oxygen atoms in total. The van der Waals surface area contributed by atoms with Gasteiger partial charge in [-0.2, -0.15) is 8.42 Å². The van der Waals surface area contributed by atoms with Gasteiger partial charge < -0.3 is 24.8 Å². The molecule has 1 aliphatic heterocycles. The Morgan fingerprint density at radius 2 is 1.68 bits per heavy atom. The van der Waals surface area contributed by atoms with E-state index in [1.807, 2.05) is 0 Å². The van der Waals surface area contributed by atoms with Crippen molar-refractivity contribution < 1.29 is 41.9 Å². The lowest BCUT2D eigenvalue weighted by Crippen LogP contribution is -2.60. The van der Waals surface area contributed by atoms with Gasteiger partial charge in [-0.3, -0.25) is 4.55 Å². The molecule has 1 heterocycles. The predicted octanol–water partition coefficient (Wildman–Crippen LogP) is -1.31. The molecule has 0 radical (unpaired) electrons. The van der Waals surface area contributed by atoms with E-state index in [0.717, 1.165) is 0 Å². The first kappa shape index (κ1) is 17.1. The Kier molecular flexibility index (Phi) is 5.34. The van der Waals surface area contributed by atoms with Gasteiger partial charge in [-0.05, 0) is 12.1 Å². The molecule has 10 heteroatoms. The Bertz CT molecular complexity index is 576. The molecule has 22 heavy (non-hydrogen) atoms. The first-order valence-electron chi connectivity index (χ1n) is 6.31. The fourth-order valence-electron chi connectivity index (χ4n) is 1.94. The third kappa shape index (κ3) is 4.36. The number of ether oxygens (including phenoxy) is 2. The summed E-state index contributed by atoms with van der Waals surface area (Å²) >= 11 is 0. The van der Waals surface area contributed by atoms with Crippen LogP contribution < -0.4 is 4.74 Å². The van der Waals surface area contributed by atoms with Crippen molar-refractivity contribution in [3.8, 4) is 5.75 Å². The lowest BCUT2D eigenvalue weighted by atomic mass is 9.99. The van der Waals surface area contributed by atoms with Crippen LogP contribution in [-0.4, -0.2) is 65.6 Å². The minimum Gasteiger partial charge on any atom is -0.462 e. The minimum atomic E-state index is -4.73. The Hall–Kier alpha value is -1.27. The van der Waals surface area contributed by atoms with Crippen LogP contribution in [0.3, 0.4) is 0 Å². The Morgan fingerprint density at radius 3 is 2.27 bits per heavy atom. The van der Waals surface area contributed by atoms with Crippen LogP contribution in [0, 0.1) is 0 Å². The number of rotatable bonds is 5. The highest BCUT2D eigenvalue weighted by molar-refractivity contribution is 7.80. The van der Waals surface area contributed by atoms with Gasteiger partial charge in [0.05, 0.1) is 6.61 Å². The van der Waals surface area contributed by atoms with E-state index in [9.17, 15) is 23.7 Å². The molecule has 1 saturated heterocycles. The third-order valence-corrected chi connectivity index (χ3v) is 3.48. The lowest BCUT2D eigenvalue weighted by Gasteiger charge is -2.39. The van der Waals surface area contributed by atoms with Gasteiger partial charge in [0.2, 0.25) is 6.29 Å². The van der Waals surface area contributed by atoms with Gasteiger partial charge in [-0.15, -0.1) is 0 Å². The van der Waals surface area contributed by atoms with Crippen molar-refractivity contribution in [2.24, 2.45) is 0 Å². The molecule has 124 valence electrons. The molecular formula is C12H16O9S. The highest BCUT2D eigenvalue weighted by Gasteiger charge is 2.45. The highest BCUT2D eigenvalue weighted by Crippen LogP contribution is 2.24. The SMILES string of the molecule is O=S(=O)(O)OC[C@H]1O[C@H](Oc2ccccc2)[C@H](O)[C@@H](O)[C@@H]1O. The maximum absolute atomic E-state index is 10.6. The molecule has 0 unspecified atom stereocenters. The quantitative estimate of drug-likeness (QED) is 0.482. The Labute approximate surface area is 126 Å². The zero-order chi connectivity index (χ0) is 16.3. The summed E-state index contributed by atoms with van der Waals surface area (Å²) in [7, 11) is -4.73. The summed E-state index contributed by atoms with van der Waals surface area (Å²) < 4.78 is 44.3. The number of hydrogen-bond donors (Lipinski definition) is 4.